The molecule has 0 unspecified atom stereocenters. The Hall–Kier alpha value is -2.50. The van der Waals surface area contributed by atoms with E-state index in [1.54, 1.807) is 12.2 Å². The van der Waals surface area contributed by atoms with Crippen LogP contribution in [-0.4, -0.2) is 49.1 Å². The molecule has 2 amide bonds. The largest absolute Gasteiger partial charge is 0.490 e. The molecule has 32 heavy (non-hydrogen) atoms. The highest BCUT2D eigenvalue weighted by molar-refractivity contribution is 5.92. The Morgan fingerprint density at radius 3 is 2.47 bits per heavy atom. The van der Waals surface area contributed by atoms with Gasteiger partial charge in [0, 0.05) is 31.1 Å². The molecule has 1 aliphatic carbocycles. The maximum Gasteiger partial charge on any atom is 0.244 e. The Kier molecular flexibility index (Phi) is 9.44. The van der Waals surface area contributed by atoms with E-state index in [0.717, 1.165) is 56.5 Å². The molecule has 0 radical (unpaired) electrons. The molecule has 1 heterocycles. The number of carbonyl (C=O) groups excluding carboxylic acids is 2. The van der Waals surface area contributed by atoms with Crippen LogP contribution < -0.4 is 14.8 Å². The van der Waals surface area contributed by atoms with Crippen molar-refractivity contribution >= 4 is 17.9 Å². The van der Waals surface area contributed by atoms with Crippen molar-refractivity contribution in [2.24, 2.45) is 5.92 Å². The van der Waals surface area contributed by atoms with Crippen LogP contribution >= 0.6 is 0 Å². The third kappa shape index (κ3) is 7.01. The maximum atomic E-state index is 12.7. The van der Waals surface area contributed by atoms with Crippen molar-refractivity contribution < 1.29 is 19.1 Å². The van der Waals surface area contributed by atoms with Crippen molar-refractivity contribution in [2.45, 2.75) is 71.3 Å². The van der Waals surface area contributed by atoms with E-state index in [4.69, 9.17) is 9.47 Å². The number of nitrogens with one attached hydrogen (secondary N) is 1. The van der Waals surface area contributed by atoms with Crippen molar-refractivity contribution in [3.8, 4) is 11.5 Å². The van der Waals surface area contributed by atoms with Crippen molar-refractivity contribution in [2.75, 3.05) is 26.3 Å². The zero-order valence-electron chi connectivity index (χ0n) is 19.6. The SMILES string of the molecule is CCCOc1ccc(C=CC(=O)NC2CCN(C(=O)C3CCCCC3)CC2)cc1OCC. The first-order valence-corrected chi connectivity index (χ1v) is 12.3. The number of carbonyl (C=O) groups is 2. The highest BCUT2D eigenvalue weighted by Gasteiger charge is 2.29. The van der Waals surface area contributed by atoms with Crippen molar-refractivity contribution in [1.82, 2.24) is 10.2 Å². The number of rotatable bonds is 9. The van der Waals surface area contributed by atoms with Crippen LogP contribution in [0.1, 0.15) is 70.8 Å². The third-order valence-corrected chi connectivity index (χ3v) is 6.26. The van der Waals surface area contributed by atoms with E-state index in [-0.39, 0.29) is 17.9 Å². The summed E-state index contributed by atoms with van der Waals surface area (Å²) in [5, 5.41) is 3.09. The van der Waals surface area contributed by atoms with Crippen LogP contribution in [0.3, 0.4) is 0 Å². The third-order valence-electron chi connectivity index (χ3n) is 6.26. The van der Waals surface area contributed by atoms with Gasteiger partial charge in [0.2, 0.25) is 11.8 Å². The number of hydrogen-bond donors (Lipinski definition) is 1. The van der Waals surface area contributed by atoms with E-state index in [1.165, 1.54) is 19.3 Å². The summed E-state index contributed by atoms with van der Waals surface area (Å²) >= 11 is 0. The van der Waals surface area contributed by atoms with Gasteiger partial charge in [-0.25, -0.2) is 0 Å². The van der Waals surface area contributed by atoms with E-state index in [1.807, 2.05) is 30.0 Å². The molecule has 2 fully saturated rings. The van der Waals surface area contributed by atoms with Gasteiger partial charge >= 0.3 is 0 Å². The lowest BCUT2D eigenvalue weighted by Gasteiger charge is -2.35. The molecule has 1 aromatic rings. The Morgan fingerprint density at radius 2 is 1.78 bits per heavy atom. The fourth-order valence-corrected chi connectivity index (χ4v) is 4.50. The molecular weight excluding hydrogens is 404 g/mol. The Balaban J connectivity index is 1.47. The Labute approximate surface area is 192 Å². The van der Waals surface area contributed by atoms with E-state index >= 15 is 0 Å². The topological polar surface area (TPSA) is 67.9 Å². The summed E-state index contributed by atoms with van der Waals surface area (Å²) in [5.74, 6) is 1.86. The van der Waals surface area contributed by atoms with Gasteiger partial charge in [-0.05, 0) is 62.8 Å². The molecule has 2 aliphatic rings. The quantitative estimate of drug-likeness (QED) is 0.569. The highest BCUT2D eigenvalue weighted by Crippen LogP contribution is 2.29. The predicted molar refractivity (Wildman–Crippen MR) is 127 cm³/mol. The van der Waals surface area contributed by atoms with E-state index in [9.17, 15) is 9.59 Å². The molecule has 0 aromatic heterocycles. The summed E-state index contributed by atoms with van der Waals surface area (Å²) < 4.78 is 11.4. The number of hydrogen-bond acceptors (Lipinski definition) is 4. The molecule has 1 aromatic carbocycles. The van der Waals surface area contributed by atoms with Gasteiger partial charge in [0.25, 0.3) is 0 Å². The minimum absolute atomic E-state index is 0.105. The molecule has 1 saturated heterocycles. The van der Waals surface area contributed by atoms with Gasteiger partial charge in [-0.2, -0.15) is 0 Å². The number of amides is 2. The number of likely N-dealkylation sites (tertiary alicyclic amines) is 1. The summed E-state index contributed by atoms with van der Waals surface area (Å²) in [4.78, 5) is 27.1. The zero-order chi connectivity index (χ0) is 22.8. The molecule has 176 valence electrons. The van der Waals surface area contributed by atoms with Gasteiger partial charge in [0.1, 0.15) is 0 Å². The second-order valence-electron chi connectivity index (χ2n) is 8.76. The van der Waals surface area contributed by atoms with Crippen molar-refractivity contribution in [1.29, 1.82) is 0 Å². The van der Waals surface area contributed by atoms with Crippen molar-refractivity contribution in [3.63, 3.8) is 0 Å². The molecule has 0 atom stereocenters. The van der Waals surface area contributed by atoms with Crippen LogP contribution in [-0.2, 0) is 9.59 Å². The fraction of sp³-hybridized carbons (Fsp3) is 0.615. The van der Waals surface area contributed by atoms with Crippen LogP contribution in [0.15, 0.2) is 24.3 Å². The highest BCUT2D eigenvalue weighted by atomic mass is 16.5. The Bertz CT molecular complexity index is 778. The molecule has 0 spiro atoms. The van der Waals surface area contributed by atoms with Crippen LogP contribution in [0, 0.1) is 5.92 Å². The molecule has 6 heteroatoms. The minimum atomic E-state index is -0.105. The average molecular weight is 443 g/mol. The predicted octanol–water partition coefficient (Wildman–Crippen LogP) is 4.57. The molecule has 1 saturated carbocycles. The van der Waals surface area contributed by atoms with Gasteiger partial charge in [-0.3, -0.25) is 9.59 Å². The maximum absolute atomic E-state index is 12.7. The molecular formula is C26H38N2O4. The number of nitrogens with zero attached hydrogens (tertiary/aromatic N) is 1. The number of piperidine rings is 1. The monoisotopic (exact) mass is 442 g/mol. The van der Waals surface area contributed by atoms with Crippen LogP contribution in [0.4, 0.5) is 0 Å². The van der Waals surface area contributed by atoms with Gasteiger partial charge in [0.15, 0.2) is 11.5 Å². The first-order valence-electron chi connectivity index (χ1n) is 12.3. The van der Waals surface area contributed by atoms with E-state index in [0.29, 0.717) is 24.9 Å². The first kappa shape index (κ1) is 24.1. The zero-order valence-corrected chi connectivity index (χ0v) is 19.6. The van der Waals surface area contributed by atoms with Crippen LogP contribution in [0.25, 0.3) is 6.08 Å². The van der Waals surface area contributed by atoms with E-state index < -0.39 is 0 Å². The van der Waals surface area contributed by atoms with Gasteiger partial charge in [-0.1, -0.05) is 32.3 Å². The number of benzene rings is 1. The lowest BCUT2D eigenvalue weighted by atomic mass is 9.87. The van der Waals surface area contributed by atoms with Crippen molar-refractivity contribution in [3.05, 3.63) is 29.8 Å². The average Bonchev–Trinajstić information content (AvgIpc) is 2.83. The smallest absolute Gasteiger partial charge is 0.244 e. The summed E-state index contributed by atoms with van der Waals surface area (Å²) in [6.07, 6.45) is 11.6. The standard InChI is InChI=1S/C26H38N2O4/c1-3-18-32-23-12-10-20(19-24(23)31-4-2)11-13-25(29)27-22-14-16-28(17-15-22)26(30)21-8-6-5-7-9-21/h10-13,19,21-22H,3-9,14-18H2,1-2H3,(H,27,29). The summed E-state index contributed by atoms with van der Waals surface area (Å²) in [5.41, 5.74) is 0.889. The molecule has 0 bridgehead atoms. The second-order valence-corrected chi connectivity index (χ2v) is 8.76. The fourth-order valence-electron chi connectivity index (χ4n) is 4.50. The minimum Gasteiger partial charge on any atom is -0.490 e. The number of ether oxygens (including phenoxy) is 2. The first-order chi connectivity index (χ1) is 15.6. The second kappa shape index (κ2) is 12.5. The Morgan fingerprint density at radius 1 is 1.03 bits per heavy atom. The van der Waals surface area contributed by atoms with Gasteiger partial charge < -0.3 is 19.7 Å². The van der Waals surface area contributed by atoms with Crippen LogP contribution in [0.5, 0.6) is 11.5 Å². The summed E-state index contributed by atoms with van der Waals surface area (Å²) in [7, 11) is 0. The van der Waals surface area contributed by atoms with Gasteiger partial charge in [0.05, 0.1) is 13.2 Å². The molecule has 6 nitrogen and oxygen atoms in total. The lowest BCUT2D eigenvalue weighted by Crippen LogP contribution is -2.48. The molecule has 1 aliphatic heterocycles. The summed E-state index contributed by atoms with van der Waals surface area (Å²) in [6, 6.07) is 5.82. The van der Waals surface area contributed by atoms with Gasteiger partial charge in [-0.15, -0.1) is 0 Å². The molecule has 1 N–H and O–H groups in total. The van der Waals surface area contributed by atoms with E-state index in [2.05, 4.69) is 12.2 Å². The molecule has 3 rings (SSSR count). The lowest BCUT2D eigenvalue weighted by molar-refractivity contribution is -0.137. The normalized spacial score (nSPS) is 18.0. The van der Waals surface area contributed by atoms with Crippen LogP contribution in [0.2, 0.25) is 0 Å². The summed E-state index contributed by atoms with van der Waals surface area (Å²) in [6.45, 7) is 6.67.